The average Bonchev–Trinajstić information content (AvgIpc) is 2.71. The Bertz CT molecular complexity index is 297. The van der Waals surface area contributed by atoms with E-state index >= 15 is 0 Å². The Hall–Kier alpha value is -0.0800. The first-order valence-corrected chi connectivity index (χ1v) is 7.49. The molecule has 1 aliphatic heterocycles. The molecule has 1 saturated carbocycles. The number of fused-ring (bicyclic) bond motifs is 2. The summed E-state index contributed by atoms with van der Waals surface area (Å²) in [6.07, 6.45) is 4.52. The van der Waals surface area contributed by atoms with E-state index in [0.717, 1.165) is 12.0 Å². The van der Waals surface area contributed by atoms with Gasteiger partial charge in [0.15, 0.2) is 0 Å². The van der Waals surface area contributed by atoms with Gasteiger partial charge in [0.25, 0.3) is 0 Å². The number of likely N-dealkylation sites (N-methyl/N-ethyl adjacent to an activating group) is 1. The van der Waals surface area contributed by atoms with Gasteiger partial charge in [0, 0.05) is 12.1 Å². The van der Waals surface area contributed by atoms with Gasteiger partial charge in [0.2, 0.25) is 0 Å². The van der Waals surface area contributed by atoms with Crippen molar-refractivity contribution in [3.8, 4) is 0 Å². The minimum atomic E-state index is -0.0549. The topological polar surface area (TPSA) is 12.5 Å². The van der Waals surface area contributed by atoms with Crippen molar-refractivity contribution in [1.29, 1.82) is 0 Å². The Morgan fingerprint density at radius 2 is 1.67 bits per heavy atom. The normalized spacial score (nSPS) is 35.2. The molecule has 0 N–H and O–H groups in total. The van der Waals surface area contributed by atoms with Gasteiger partial charge < -0.3 is 4.74 Å². The van der Waals surface area contributed by atoms with E-state index in [4.69, 9.17) is 4.74 Å². The van der Waals surface area contributed by atoms with Crippen molar-refractivity contribution in [3.63, 3.8) is 0 Å². The highest BCUT2D eigenvalue weighted by Crippen LogP contribution is 2.46. The summed E-state index contributed by atoms with van der Waals surface area (Å²) >= 11 is 0. The van der Waals surface area contributed by atoms with Gasteiger partial charge in [-0.2, -0.15) is 0 Å². The highest BCUT2D eigenvalue weighted by molar-refractivity contribution is 5.04. The Morgan fingerprint density at radius 3 is 2.06 bits per heavy atom. The number of nitrogens with zero attached hydrogens (tertiary/aromatic N) is 1. The quantitative estimate of drug-likeness (QED) is 0.744. The van der Waals surface area contributed by atoms with E-state index in [-0.39, 0.29) is 11.0 Å². The van der Waals surface area contributed by atoms with E-state index in [2.05, 4.69) is 53.5 Å². The summed E-state index contributed by atoms with van der Waals surface area (Å²) in [5, 5.41) is 0. The lowest BCUT2D eigenvalue weighted by molar-refractivity contribution is -0.143. The molecule has 0 aromatic heterocycles. The van der Waals surface area contributed by atoms with Crippen LogP contribution in [0.3, 0.4) is 0 Å². The minimum Gasteiger partial charge on any atom is -0.370 e. The van der Waals surface area contributed by atoms with Crippen molar-refractivity contribution < 1.29 is 4.74 Å². The maximum Gasteiger partial charge on any atom is 0.0788 e. The van der Waals surface area contributed by atoms with Crippen LogP contribution in [-0.4, -0.2) is 35.7 Å². The van der Waals surface area contributed by atoms with E-state index < -0.39 is 0 Å². The molecule has 2 bridgehead atoms. The molecule has 0 aromatic rings. The predicted molar refractivity (Wildman–Crippen MR) is 76.8 cm³/mol. The smallest absolute Gasteiger partial charge is 0.0788 e. The molecule has 0 amide bonds. The van der Waals surface area contributed by atoms with E-state index in [0.29, 0.717) is 12.1 Å². The molecule has 0 aromatic carbocycles. The highest BCUT2D eigenvalue weighted by Gasteiger charge is 2.51. The van der Waals surface area contributed by atoms with E-state index in [1.165, 1.54) is 19.3 Å². The third-order valence-electron chi connectivity index (χ3n) is 4.62. The van der Waals surface area contributed by atoms with Gasteiger partial charge in [-0.3, -0.25) is 4.90 Å². The van der Waals surface area contributed by atoms with Gasteiger partial charge in [-0.25, -0.2) is 0 Å². The second kappa shape index (κ2) is 4.49. The average molecular weight is 253 g/mol. The zero-order chi connectivity index (χ0) is 13.7. The number of hydrogen-bond donors (Lipinski definition) is 0. The maximum atomic E-state index is 6.47. The molecule has 1 saturated heterocycles. The summed E-state index contributed by atoms with van der Waals surface area (Å²) in [5.74, 6) is 0.853. The van der Waals surface area contributed by atoms with Crippen molar-refractivity contribution in [2.24, 2.45) is 11.3 Å². The van der Waals surface area contributed by atoms with Crippen LogP contribution in [0.5, 0.6) is 0 Å². The number of likely N-dealkylation sites (tertiary alicyclic amines) is 1. The number of ether oxygens (including phenoxy) is 1. The first-order chi connectivity index (χ1) is 8.09. The molecule has 0 spiro atoms. The zero-order valence-electron chi connectivity index (χ0n) is 13.3. The summed E-state index contributed by atoms with van der Waals surface area (Å²) in [6.45, 7) is 13.5. The second-order valence-corrected chi connectivity index (χ2v) is 8.40. The van der Waals surface area contributed by atoms with Crippen LogP contribution in [0.15, 0.2) is 0 Å². The molecule has 106 valence electrons. The monoisotopic (exact) mass is 253 g/mol. The SMILES string of the molecule is CN1[C@H]2CC[C@H](C2)[C@H]1C(OC(C)(C)C)C(C)(C)C. The predicted octanol–water partition coefficient (Wildman–Crippen LogP) is 3.70. The van der Waals surface area contributed by atoms with Crippen molar-refractivity contribution in [1.82, 2.24) is 4.90 Å². The molecule has 2 rings (SSSR count). The van der Waals surface area contributed by atoms with Crippen LogP contribution in [0.4, 0.5) is 0 Å². The Balaban J connectivity index is 2.19. The summed E-state index contributed by atoms with van der Waals surface area (Å²) in [6, 6.07) is 1.43. The Kier molecular flexibility index (Phi) is 3.57. The molecule has 2 aliphatic rings. The summed E-state index contributed by atoms with van der Waals surface area (Å²) in [4.78, 5) is 2.61. The lowest BCUT2D eigenvalue weighted by Gasteiger charge is -2.46. The molecular weight excluding hydrogens is 222 g/mol. The fourth-order valence-corrected chi connectivity index (χ4v) is 3.85. The summed E-state index contributed by atoms with van der Waals surface area (Å²) in [7, 11) is 2.30. The lowest BCUT2D eigenvalue weighted by atomic mass is 9.79. The van der Waals surface area contributed by atoms with Gasteiger partial charge in [0.05, 0.1) is 11.7 Å². The van der Waals surface area contributed by atoms with Crippen molar-refractivity contribution in [2.75, 3.05) is 7.05 Å². The van der Waals surface area contributed by atoms with Crippen LogP contribution in [0, 0.1) is 11.3 Å². The second-order valence-electron chi connectivity index (χ2n) is 8.40. The maximum absolute atomic E-state index is 6.47. The molecular formula is C16H31NO. The number of hydrogen-bond acceptors (Lipinski definition) is 2. The van der Waals surface area contributed by atoms with Crippen LogP contribution < -0.4 is 0 Å². The van der Waals surface area contributed by atoms with Crippen LogP contribution in [0.1, 0.15) is 60.8 Å². The fourth-order valence-electron chi connectivity index (χ4n) is 3.85. The van der Waals surface area contributed by atoms with Gasteiger partial charge in [0.1, 0.15) is 0 Å². The van der Waals surface area contributed by atoms with Gasteiger partial charge in [-0.05, 0) is 58.4 Å². The Labute approximate surface area is 113 Å². The third kappa shape index (κ3) is 2.75. The number of piperidine rings is 1. The standard InChI is InChI=1S/C16H31NO/c1-15(2,3)14(18-16(4,5)6)13-11-8-9-12(10-11)17(13)7/h11-14H,8-10H2,1-7H3/t11-,12+,13+,14?/m1/s1. The van der Waals surface area contributed by atoms with E-state index in [9.17, 15) is 0 Å². The van der Waals surface area contributed by atoms with Crippen LogP contribution in [0.2, 0.25) is 0 Å². The zero-order valence-corrected chi connectivity index (χ0v) is 13.3. The van der Waals surface area contributed by atoms with Gasteiger partial charge >= 0.3 is 0 Å². The van der Waals surface area contributed by atoms with Crippen molar-refractivity contribution in [3.05, 3.63) is 0 Å². The molecule has 4 atom stereocenters. The molecule has 2 nitrogen and oxygen atoms in total. The van der Waals surface area contributed by atoms with Crippen LogP contribution in [-0.2, 0) is 4.74 Å². The fraction of sp³-hybridized carbons (Fsp3) is 1.00. The molecule has 1 heterocycles. The van der Waals surface area contributed by atoms with Gasteiger partial charge in [-0.1, -0.05) is 20.8 Å². The summed E-state index contributed by atoms with van der Waals surface area (Å²) < 4.78 is 6.47. The molecule has 0 radical (unpaired) electrons. The minimum absolute atomic E-state index is 0.0549. The van der Waals surface area contributed by atoms with Crippen molar-refractivity contribution >= 4 is 0 Å². The first kappa shape index (κ1) is 14.3. The first-order valence-electron chi connectivity index (χ1n) is 7.49. The largest absolute Gasteiger partial charge is 0.370 e. The molecule has 1 unspecified atom stereocenters. The lowest BCUT2D eigenvalue weighted by Crippen LogP contribution is -2.53. The van der Waals surface area contributed by atoms with Gasteiger partial charge in [-0.15, -0.1) is 0 Å². The highest BCUT2D eigenvalue weighted by atomic mass is 16.5. The van der Waals surface area contributed by atoms with E-state index in [1.807, 2.05) is 0 Å². The molecule has 2 heteroatoms. The summed E-state index contributed by atoms with van der Waals surface area (Å²) in [5.41, 5.74) is 0.150. The van der Waals surface area contributed by atoms with Crippen molar-refractivity contribution in [2.45, 2.75) is 84.6 Å². The van der Waals surface area contributed by atoms with E-state index in [1.54, 1.807) is 0 Å². The third-order valence-corrected chi connectivity index (χ3v) is 4.62. The van der Waals surface area contributed by atoms with Crippen LogP contribution >= 0.6 is 0 Å². The molecule has 18 heavy (non-hydrogen) atoms. The Morgan fingerprint density at radius 1 is 1.06 bits per heavy atom. The van der Waals surface area contributed by atoms with Crippen LogP contribution in [0.25, 0.3) is 0 Å². The number of rotatable bonds is 2. The molecule has 2 fully saturated rings. The molecule has 1 aliphatic carbocycles.